The molecule has 0 saturated heterocycles. The van der Waals surface area contributed by atoms with E-state index >= 15 is 0 Å². The highest BCUT2D eigenvalue weighted by molar-refractivity contribution is 6.32. The van der Waals surface area contributed by atoms with Crippen LogP contribution in [0.2, 0.25) is 5.15 Å². The number of ether oxygens (including phenoxy) is 1. The fourth-order valence-electron chi connectivity index (χ4n) is 2.21. The Morgan fingerprint density at radius 2 is 2.14 bits per heavy atom. The van der Waals surface area contributed by atoms with Gasteiger partial charge < -0.3 is 4.74 Å². The van der Waals surface area contributed by atoms with Gasteiger partial charge in [-0.3, -0.25) is 4.40 Å². The zero-order valence-corrected chi connectivity index (χ0v) is 11.6. The van der Waals surface area contributed by atoms with Crippen molar-refractivity contribution in [2.45, 2.75) is 24.9 Å². The summed E-state index contributed by atoms with van der Waals surface area (Å²) in [5.74, 6) is -0.764. The molecule has 0 bridgehead atoms. The molecule has 4 nitrogen and oxygen atoms in total. The molecule has 0 spiro atoms. The number of carbonyl (C=O) groups excluding carboxylic acids is 1. The summed E-state index contributed by atoms with van der Waals surface area (Å²) < 4.78 is 45.2. The predicted octanol–water partition coefficient (Wildman–Crippen LogP) is 3.67. The lowest BCUT2D eigenvalue weighted by atomic mass is 10.1. The lowest BCUT2D eigenvalue weighted by molar-refractivity contribution is -0.136. The van der Waals surface area contributed by atoms with Gasteiger partial charge in [0.25, 0.3) is 0 Å². The number of carbonyl (C=O) groups is 1. The van der Waals surface area contributed by atoms with Crippen molar-refractivity contribution in [2.24, 2.45) is 0 Å². The van der Waals surface area contributed by atoms with Crippen LogP contribution in [-0.2, 0) is 10.9 Å². The smallest absolute Gasteiger partial charge is 0.419 e. The second-order valence-corrected chi connectivity index (χ2v) is 5.25. The van der Waals surface area contributed by atoms with E-state index in [0.717, 1.165) is 30.4 Å². The second kappa shape index (κ2) is 4.62. The number of methoxy groups -OCH3 is 1. The van der Waals surface area contributed by atoms with Gasteiger partial charge in [-0.2, -0.15) is 13.2 Å². The maximum atomic E-state index is 13.2. The number of fused-ring (bicyclic) bond motifs is 1. The molecule has 1 saturated carbocycles. The molecule has 8 heteroatoms. The fourth-order valence-corrected chi connectivity index (χ4v) is 2.46. The quantitative estimate of drug-likeness (QED) is 0.794. The molecule has 0 radical (unpaired) electrons. The van der Waals surface area contributed by atoms with Crippen molar-refractivity contribution in [2.75, 3.05) is 7.11 Å². The number of aromatic nitrogens is 2. The Morgan fingerprint density at radius 1 is 1.48 bits per heavy atom. The summed E-state index contributed by atoms with van der Waals surface area (Å²) in [6, 6.07) is 1.08. The zero-order valence-electron chi connectivity index (χ0n) is 10.9. The number of alkyl halides is 3. The van der Waals surface area contributed by atoms with Gasteiger partial charge in [-0.25, -0.2) is 9.78 Å². The van der Waals surface area contributed by atoms with Crippen molar-refractivity contribution in [1.82, 2.24) is 9.38 Å². The average Bonchev–Trinajstić information content (AvgIpc) is 3.21. The standard InChI is InChI=1S/C13H10ClF3N2O2/c1-21-12(20)9-10(14)19-5-7(6-2-3-6)4-8(11(19)18-9)13(15,16)17/h4-6H,2-3H2,1H3. The molecule has 2 aromatic rings. The van der Waals surface area contributed by atoms with Gasteiger partial charge in [0.15, 0.2) is 11.3 Å². The minimum absolute atomic E-state index is 0.107. The van der Waals surface area contributed by atoms with Crippen molar-refractivity contribution < 1.29 is 22.7 Å². The Hall–Kier alpha value is -1.76. The number of hydrogen-bond acceptors (Lipinski definition) is 3. The summed E-state index contributed by atoms with van der Waals surface area (Å²) in [5, 5.41) is -0.176. The fraction of sp³-hybridized carbons (Fsp3) is 0.385. The van der Waals surface area contributed by atoms with E-state index in [1.54, 1.807) is 0 Å². The minimum Gasteiger partial charge on any atom is -0.464 e. The highest BCUT2D eigenvalue weighted by Gasteiger charge is 2.37. The molecule has 0 amide bonds. The van der Waals surface area contributed by atoms with Crippen LogP contribution in [-0.4, -0.2) is 22.5 Å². The van der Waals surface area contributed by atoms with Crippen LogP contribution in [0.15, 0.2) is 12.3 Å². The monoisotopic (exact) mass is 318 g/mol. The van der Waals surface area contributed by atoms with E-state index in [9.17, 15) is 18.0 Å². The van der Waals surface area contributed by atoms with E-state index in [1.165, 1.54) is 6.20 Å². The van der Waals surface area contributed by atoms with Crippen molar-refractivity contribution in [3.63, 3.8) is 0 Å². The molecule has 2 heterocycles. The molecule has 3 rings (SSSR count). The first kappa shape index (κ1) is 14.2. The summed E-state index contributed by atoms with van der Waals surface area (Å²) in [7, 11) is 1.11. The number of rotatable bonds is 2. The van der Waals surface area contributed by atoms with E-state index in [0.29, 0.717) is 5.56 Å². The third kappa shape index (κ3) is 2.35. The number of hydrogen-bond donors (Lipinski definition) is 0. The summed E-state index contributed by atoms with van der Waals surface area (Å²) in [5.41, 5.74) is -1.07. The van der Waals surface area contributed by atoms with Gasteiger partial charge in [0.2, 0.25) is 0 Å². The molecule has 1 aliphatic rings. The maximum Gasteiger partial charge on any atom is 0.419 e. The molecular formula is C13H10ClF3N2O2. The zero-order chi connectivity index (χ0) is 15.4. The SMILES string of the molecule is COC(=O)c1nc2c(C(F)(F)F)cc(C3CC3)cn2c1Cl. The third-order valence-electron chi connectivity index (χ3n) is 3.42. The number of imidazole rings is 1. The van der Waals surface area contributed by atoms with E-state index in [1.807, 2.05) is 0 Å². The van der Waals surface area contributed by atoms with Gasteiger partial charge >= 0.3 is 12.1 Å². The molecular weight excluding hydrogens is 309 g/mol. The first-order valence-electron chi connectivity index (χ1n) is 6.20. The molecule has 1 aliphatic carbocycles. The highest BCUT2D eigenvalue weighted by atomic mass is 35.5. The third-order valence-corrected chi connectivity index (χ3v) is 3.78. The molecule has 0 N–H and O–H groups in total. The Kier molecular flexibility index (Phi) is 3.12. The normalized spacial score (nSPS) is 15.5. The maximum absolute atomic E-state index is 13.2. The Labute approximate surface area is 122 Å². The highest BCUT2D eigenvalue weighted by Crippen LogP contribution is 2.43. The van der Waals surface area contributed by atoms with Crippen LogP contribution in [0.4, 0.5) is 13.2 Å². The molecule has 0 atom stereocenters. The van der Waals surface area contributed by atoms with Crippen LogP contribution in [0, 0.1) is 0 Å². The summed E-state index contributed by atoms with van der Waals surface area (Å²) in [4.78, 5) is 15.2. The number of pyridine rings is 1. The van der Waals surface area contributed by atoms with Crippen LogP contribution in [0.3, 0.4) is 0 Å². The molecule has 1 fully saturated rings. The van der Waals surface area contributed by atoms with Gasteiger partial charge in [0, 0.05) is 6.20 Å². The summed E-state index contributed by atoms with van der Waals surface area (Å²) in [6.45, 7) is 0. The van der Waals surface area contributed by atoms with Crippen molar-refractivity contribution in [3.05, 3.63) is 34.2 Å². The first-order chi connectivity index (χ1) is 9.82. The Bertz CT molecular complexity index is 735. The van der Waals surface area contributed by atoms with Crippen LogP contribution in [0.5, 0.6) is 0 Å². The first-order valence-corrected chi connectivity index (χ1v) is 6.57. The molecule has 112 valence electrons. The Morgan fingerprint density at radius 3 is 2.67 bits per heavy atom. The molecule has 0 aliphatic heterocycles. The van der Waals surface area contributed by atoms with Crippen LogP contribution in [0.1, 0.15) is 40.4 Å². The topological polar surface area (TPSA) is 43.6 Å². The van der Waals surface area contributed by atoms with E-state index in [-0.39, 0.29) is 16.8 Å². The van der Waals surface area contributed by atoms with Gasteiger partial charge in [-0.05, 0) is 30.4 Å². The van der Waals surface area contributed by atoms with Crippen molar-refractivity contribution in [1.29, 1.82) is 0 Å². The number of halogens is 4. The minimum atomic E-state index is -4.58. The van der Waals surface area contributed by atoms with Crippen molar-refractivity contribution >= 4 is 23.2 Å². The lowest BCUT2D eigenvalue weighted by Crippen LogP contribution is -2.09. The molecule has 0 aromatic carbocycles. The predicted molar refractivity (Wildman–Crippen MR) is 68.5 cm³/mol. The van der Waals surface area contributed by atoms with Crippen molar-refractivity contribution in [3.8, 4) is 0 Å². The van der Waals surface area contributed by atoms with Crippen LogP contribution < -0.4 is 0 Å². The lowest BCUT2D eigenvalue weighted by Gasteiger charge is -2.10. The van der Waals surface area contributed by atoms with Crippen LogP contribution >= 0.6 is 11.6 Å². The van der Waals surface area contributed by atoms with E-state index < -0.39 is 23.4 Å². The number of nitrogens with zero attached hydrogens (tertiary/aromatic N) is 2. The second-order valence-electron chi connectivity index (χ2n) is 4.90. The summed E-state index contributed by atoms with van der Waals surface area (Å²) >= 11 is 5.98. The van der Waals surface area contributed by atoms with Gasteiger partial charge in [0.05, 0.1) is 12.7 Å². The number of esters is 1. The van der Waals surface area contributed by atoms with Crippen LogP contribution in [0.25, 0.3) is 5.65 Å². The molecule has 21 heavy (non-hydrogen) atoms. The van der Waals surface area contributed by atoms with E-state index in [2.05, 4.69) is 9.72 Å². The summed E-state index contributed by atoms with van der Waals surface area (Å²) in [6.07, 6.45) is -1.38. The van der Waals surface area contributed by atoms with Gasteiger partial charge in [0.1, 0.15) is 5.15 Å². The molecule has 2 aromatic heterocycles. The van der Waals surface area contributed by atoms with E-state index in [4.69, 9.17) is 11.6 Å². The molecule has 0 unspecified atom stereocenters. The van der Waals surface area contributed by atoms with Gasteiger partial charge in [-0.15, -0.1) is 0 Å². The Balaban J connectivity index is 2.30. The average molecular weight is 319 g/mol. The van der Waals surface area contributed by atoms with Gasteiger partial charge in [-0.1, -0.05) is 11.6 Å². The largest absolute Gasteiger partial charge is 0.464 e.